The number of nitrogens with zero attached hydrogens (tertiary/aromatic N) is 1. The fourth-order valence-electron chi connectivity index (χ4n) is 12.1. The zero-order valence-electron chi connectivity index (χ0n) is 59.3. The molecule has 516 valence electrons. The zero-order chi connectivity index (χ0) is 63.4. The van der Waals surface area contributed by atoms with Gasteiger partial charge in [-0.2, -0.15) is 0 Å². The Balaban J connectivity index is 3.94. The monoisotopic (exact) mass is 1250 g/mol. The third-order valence-electron chi connectivity index (χ3n) is 18.1. The Hall–Kier alpha value is -1.28. The van der Waals surface area contributed by atoms with Gasteiger partial charge in [0, 0.05) is 6.42 Å². The second-order valence-corrected chi connectivity index (χ2v) is 29.5. The van der Waals surface area contributed by atoms with Crippen molar-refractivity contribution < 1.29 is 32.9 Å². The largest absolute Gasteiger partial charge is 0.472 e. The Morgan fingerprint density at radius 1 is 0.379 bits per heavy atom. The number of unbranched alkanes of at least 4 members (excludes halogenated alkanes) is 56. The number of aliphatic hydroxyl groups excluding tert-OH is 1. The molecule has 0 spiro atoms. The summed E-state index contributed by atoms with van der Waals surface area (Å²) < 4.78 is 23.8. The fourth-order valence-corrected chi connectivity index (χ4v) is 12.8. The lowest BCUT2D eigenvalue weighted by atomic mass is 10.0. The van der Waals surface area contributed by atoms with Crippen molar-refractivity contribution >= 4 is 13.7 Å². The summed E-state index contributed by atoms with van der Waals surface area (Å²) >= 11 is 0. The second kappa shape index (κ2) is 69.1. The van der Waals surface area contributed by atoms with Crippen molar-refractivity contribution in [2.45, 2.75) is 418 Å². The number of hydrogen-bond acceptors (Lipinski definition) is 5. The Morgan fingerprint density at radius 2 is 0.632 bits per heavy atom. The molecule has 3 N–H and O–H groups in total. The fraction of sp³-hybridized carbons (Fsp3) is 0.910. The highest BCUT2D eigenvalue weighted by Crippen LogP contribution is 2.43. The Morgan fingerprint density at radius 3 is 0.920 bits per heavy atom. The molecule has 0 aliphatic rings. The summed E-state index contributed by atoms with van der Waals surface area (Å²) in [5.41, 5.74) is 0. The third kappa shape index (κ3) is 72.0. The molecule has 0 aliphatic heterocycles. The highest BCUT2D eigenvalue weighted by Gasteiger charge is 2.28. The normalized spacial score (nSPS) is 13.7. The van der Waals surface area contributed by atoms with Gasteiger partial charge in [0.25, 0.3) is 0 Å². The molecule has 0 saturated heterocycles. The molecule has 0 aromatic heterocycles. The van der Waals surface area contributed by atoms with Gasteiger partial charge in [0.15, 0.2) is 0 Å². The van der Waals surface area contributed by atoms with E-state index < -0.39 is 20.0 Å². The van der Waals surface area contributed by atoms with Crippen molar-refractivity contribution in [1.82, 2.24) is 5.32 Å². The van der Waals surface area contributed by atoms with Crippen LogP contribution in [0.25, 0.3) is 0 Å². The van der Waals surface area contributed by atoms with Crippen LogP contribution in [0.3, 0.4) is 0 Å². The van der Waals surface area contributed by atoms with E-state index in [1.807, 2.05) is 27.2 Å². The first-order chi connectivity index (χ1) is 42.5. The zero-order valence-corrected chi connectivity index (χ0v) is 60.2. The van der Waals surface area contributed by atoms with Gasteiger partial charge >= 0.3 is 7.82 Å². The van der Waals surface area contributed by atoms with Gasteiger partial charge in [-0.05, 0) is 44.9 Å². The quantitative estimate of drug-likeness (QED) is 0.0243. The van der Waals surface area contributed by atoms with Gasteiger partial charge in [-0.25, -0.2) is 4.57 Å². The predicted octanol–water partition coefficient (Wildman–Crippen LogP) is 25.2. The van der Waals surface area contributed by atoms with E-state index in [4.69, 9.17) is 9.05 Å². The number of quaternary nitrogens is 1. The van der Waals surface area contributed by atoms with Gasteiger partial charge in [0.05, 0.1) is 39.9 Å². The molecule has 0 aliphatic carbocycles. The molecule has 9 heteroatoms. The number of allylic oxidation sites excluding steroid dienone is 5. The minimum absolute atomic E-state index is 0.0555. The van der Waals surface area contributed by atoms with Gasteiger partial charge in [-0.15, -0.1) is 0 Å². The lowest BCUT2D eigenvalue weighted by molar-refractivity contribution is -0.870. The summed E-state index contributed by atoms with van der Waals surface area (Å²) in [6, 6.07) is -0.870. The summed E-state index contributed by atoms with van der Waals surface area (Å²) in [6.07, 6.45) is 93.5. The van der Waals surface area contributed by atoms with Crippen LogP contribution >= 0.6 is 7.82 Å². The highest BCUT2D eigenvalue weighted by molar-refractivity contribution is 7.47. The SMILES string of the molecule is CCCCCCCCCCCCCCCCC/C=C/CC/C=C/CC/C=C/C(O)C(COP(=O)(O)OCC[N+](C)(C)C)NC(=O)CCCCCCCCCCCCCCCCCCCCCCCCCCCCCCCCCCCCCCCCCC. The van der Waals surface area contributed by atoms with Crippen LogP contribution < -0.4 is 5.32 Å². The van der Waals surface area contributed by atoms with Crippen molar-refractivity contribution in [1.29, 1.82) is 0 Å². The topological polar surface area (TPSA) is 105 Å². The van der Waals surface area contributed by atoms with Crippen LogP contribution in [0.5, 0.6) is 0 Å². The molecular weight excluding hydrogens is 1090 g/mol. The summed E-state index contributed by atoms with van der Waals surface area (Å²) in [6.45, 7) is 4.85. The number of hydrogen-bond donors (Lipinski definition) is 3. The number of nitrogens with one attached hydrogen (secondary N) is 1. The van der Waals surface area contributed by atoms with Gasteiger partial charge in [0.1, 0.15) is 13.2 Å². The van der Waals surface area contributed by atoms with E-state index in [9.17, 15) is 19.4 Å². The highest BCUT2D eigenvalue weighted by atomic mass is 31.2. The number of phosphoric acid groups is 1. The second-order valence-electron chi connectivity index (χ2n) is 28.1. The van der Waals surface area contributed by atoms with Gasteiger partial charge < -0.3 is 19.8 Å². The summed E-state index contributed by atoms with van der Waals surface area (Å²) in [5, 5.41) is 14.0. The molecule has 3 atom stereocenters. The van der Waals surface area contributed by atoms with E-state index in [-0.39, 0.29) is 19.1 Å². The van der Waals surface area contributed by atoms with E-state index in [2.05, 4.69) is 43.5 Å². The standard InChI is InChI=1S/C78H153N2O6P/c1-6-8-10-12-14-16-18-20-22-24-26-28-30-32-33-34-35-36-37-38-39-40-41-42-43-44-45-46-48-50-52-54-56-58-60-62-64-66-68-70-72-78(82)79-76(75-86-87(83,84)85-74-73-80(3,4)5)77(81)71-69-67-65-63-61-59-57-55-53-51-49-47-31-29-27-25-23-21-19-17-15-13-11-9-7-2/h53,55,61,63,69,71,76-77,81H,6-52,54,56-60,62,64-68,70,72-75H2,1-5H3,(H-,79,82,83,84)/p+1/b55-53+,63-61+,71-69+. The maximum Gasteiger partial charge on any atom is 0.472 e. The average molecular weight is 1250 g/mol. The molecule has 0 bridgehead atoms. The molecule has 0 saturated carbocycles. The van der Waals surface area contributed by atoms with Crippen LogP contribution in [-0.4, -0.2) is 73.4 Å². The summed E-state index contributed by atoms with van der Waals surface area (Å²) in [5.74, 6) is -0.182. The number of carbonyl (C=O) groups is 1. The van der Waals surface area contributed by atoms with Crippen molar-refractivity contribution in [2.24, 2.45) is 0 Å². The first kappa shape index (κ1) is 85.7. The minimum atomic E-state index is -4.37. The smallest absolute Gasteiger partial charge is 0.387 e. The van der Waals surface area contributed by atoms with Crippen LogP contribution in [0, 0.1) is 0 Å². The maximum absolute atomic E-state index is 13.1. The number of likely N-dealkylation sites (N-methyl/N-ethyl adjacent to an activating group) is 1. The van der Waals surface area contributed by atoms with Crippen molar-refractivity contribution in [3.8, 4) is 0 Å². The number of aliphatic hydroxyl groups is 1. The van der Waals surface area contributed by atoms with Crippen LogP contribution in [0.4, 0.5) is 0 Å². The van der Waals surface area contributed by atoms with Crippen LogP contribution in [0.15, 0.2) is 36.5 Å². The van der Waals surface area contributed by atoms with Gasteiger partial charge in [0.2, 0.25) is 5.91 Å². The van der Waals surface area contributed by atoms with E-state index in [0.29, 0.717) is 17.4 Å². The van der Waals surface area contributed by atoms with Crippen LogP contribution in [-0.2, 0) is 18.4 Å². The molecule has 3 unspecified atom stereocenters. The van der Waals surface area contributed by atoms with E-state index in [1.165, 1.54) is 340 Å². The number of phosphoric ester groups is 1. The van der Waals surface area contributed by atoms with Crippen molar-refractivity contribution in [2.75, 3.05) is 40.9 Å². The lowest BCUT2D eigenvalue weighted by Gasteiger charge is -2.25. The molecule has 0 heterocycles. The maximum atomic E-state index is 13.1. The molecular formula is C78H154N2O6P+. The predicted molar refractivity (Wildman–Crippen MR) is 383 cm³/mol. The average Bonchev–Trinajstić information content (AvgIpc) is 3.70. The molecule has 0 radical (unpaired) electrons. The summed E-state index contributed by atoms with van der Waals surface area (Å²) in [4.78, 5) is 23.4. The molecule has 8 nitrogen and oxygen atoms in total. The Bertz CT molecular complexity index is 1510. The number of amides is 1. The third-order valence-corrected chi connectivity index (χ3v) is 19.1. The molecule has 0 fully saturated rings. The van der Waals surface area contributed by atoms with E-state index >= 15 is 0 Å². The number of rotatable bonds is 73. The van der Waals surface area contributed by atoms with Crippen LogP contribution in [0.1, 0.15) is 406 Å². The molecule has 1 amide bonds. The molecule has 87 heavy (non-hydrogen) atoms. The Labute approximate surface area is 544 Å². The number of carbonyl (C=O) groups excluding carboxylic acids is 1. The van der Waals surface area contributed by atoms with Crippen LogP contribution in [0.2, 0.25) is 0 Å². The van der Waals surface area contributed by atoms with E-state index in [0.717, 1.165) is 44.9 Å². The minimum Gasteiger partial charge on any atom is -0.387 e. The Kier molecular flexibility index (Phi) is 68.1. The van der Waals surface area contributed by atoms with Gasteiger partial charge in [-0.1, -0.05) is 391 Å². The first-order valence-electron chi connectivity index (χ1n) is 38.9. The van der Waals surface area contributed by atoms with Crippen molar-refractivity contribution in [3.05, 3.63) is 36.5 Å². The molecule has 0 rings (SSSR count). The first-order valence-corrected chi connectivity index (χ1v) is 40.4. The van der Waals surface area contributed by atoms with Crippen molar-refractivity contribution in [3.63, 3.8) is 0 Å². The summed E-state index contributed by atoms with van der Waals surface area (Å²) in [7, 11) is 1.56. The molecule has 0 aromatic carbocycles. The van der Waals surface area contributed by atoms with Gasteiger partial charge in [-0.3, -0.25) is 13.8 Å². The molecule has 0 aromatic rings. The van der Waals surface area contributed by atoms with E-state index in [1.54, 1.807) is 6.08 Å². The lowest BCUT2D eigenvalue weighted by Crippen LogP contribution is -2.45.